The molecule has 1 N–H and O–H groups in total. The minimum atomic E-state index is -1.06. The number of halogens is 1. The fraction of sp³-hybridized carbons (Fsp3) is 0.278. The number of carbonyl (C=O) groups is 1. The standard InChI is InChI=1S/C18H18ClNO4S/c1-25(22)14-5-3-13(4-6-14)18(21)20-11-12-9-15(19)17-16(10-12)23-7-2-8-24-17/h3-6,9-10H,2,7-8,11H2,1H3,(H,20,21). The zero-order chi connectivity index (χ0) is 17.8. The van der Waals surface area contributed by atoms with E-state index in [4.69, 9.17) is 21.1 Å². The molecule has 1 amide bonds. The predicted octanol–water partition coefficient (Wildman–Crippen LogP) is 3.17. The van der Waals surface area contributed by atoms with Crippen LogP contribution in [-0.2, 0) is 17.3 Å². The van der Waals surface area contributed by atoms with E-state index in [-0.39, 0.29) is 5.91 Å². The van der Waals surface area contributed by atoms with Crippen LogP contribution in [0, 0.1) is 0 Å². The van der Waals surface area contributed by atoms with Gasteiger partial charge >= 0.3 is 0 Å². The number of ether oxygens (including phenoxy) is 2. The van der Waals surface area contributed by atoms with E-state index in [2.05, 4.69) is 5.32 Å². The van der Waals surface area contributed by atoms with E-state index in [1.54, 1.807) is 36.6 Å². The molecule has 1 heterocycles. The highest BCUT2D eigenvalue weighted by Gasteiger charge is 2.16. The maximum atomic E-state index is 12.3. The molecule has 0 aromatic heterocycles. The lowest BCUT2D eigenvalue weighted by Crippen LogP contribution is -2.22. The number of hydrogen-bond donors (Lipinski definition) is 1. The van der Waals surface area contributed by atoms with Gasteiger partial charge in [0, 0.05) is 40.5 Å². The van der Waals surface area contributed by atoms with Gasteiger partial charge < -0.3 is 14.8 Å². The number of amides is 1. The number of hydrogen-bond acceptors (Lipinski definition) is 4. The number of benzene rings is 2. The third kappa shape index (κ3) is 4.32. The number of rotatable bonds is 4. The molecule has 2 aromatic carbocycles. The van der Waals surface area contributed by atoms with Crippen molar-refractivity contribution in [3.8, 4) is 11.5 Å². The van der Waals surface area contributed by atoms with Crippen LogP contribution in [-0.4, -0.2) is 29.6 Å². The molecule has 3 rings (SSSR count). The van der Waals surface area contributed by atoms with Crippen molar-refractivity contribution in [2.45, 2.75) is 17.9 Å². The average molecular weight is 380 g/mol. The van der Waals surface area contributed by atoms with Gasteiger partial charge in [-0.15, -0.1) is 0 Å². The van der Waals surface area contributed by atoms with Crippen molar-refractivity contribution in [1.82, 2.24) is 5.32 Å². The second-order valence-electron chi connectivity index (χ2n) is 5.62. The van der Waals surface area contributed by atoms with E-state index in [1.807, 2.05) is 6.07 Å². The molecule has 25 heavy (non-hydrogen) atoms. The van der Waals surface area contributed by atoms with Crippen molar-refractivity contribution >= 4 is 28.3 Å². The summed E-state index contributed by atoms with van der Waals surface area (Å²) < 4.78 is 22.6. The minimum absolute atomic E-state index is 0.211. The quantitative estimate of drug-likeness (QED) is 0.886. The summed E-state index contributed by atoms with van der Waals surface area (Å²) in [4.78, 5) is 12.9. The Hall–Kier alpha value is -2.05. The van der Waals surface area contributed by atoms with Crippen molar-refractivity contribution in [1.29, 1.82) is 0 Å². The summed E-state index contributed by atoms with van der Waals surface area (Å²) >= 11 is 6.25. The number of carbonyl (C=O) groups excluding carboxylic acids is 1. The molecule has 0 fully saturated rings. The molecule has 1 unspecified atom stereocenters. The molecule has 0 aliphatic carbocycles. The first-order valence-electron chi connectivity index (χ1n) is 7.84. The first kappa shape index (κ1) is 17.8. The molecule has 0 spiro atoms. The topological polar surface area (TPSA) is 64.6 Å². The van der Waals surface area contributed by atoms with Crippen LogP contribution in [0.1, 0.15) is 22.3 Å². The third-order valence-electron chi connectivity index (χ3n) is 3.76. The van der Waals surface area contributed by atoms with E-state index in [0.29, 0.717) is 46.7 Å². The van der Waals surface area contributed by atoms with E-state index in [1.165, 1.54) is 0 Å². The van der Waals surface area contributed by atoms with Crippen molar-refractivity contribution in [3.05, 3.63) is 52.5 Å². The van der Waals surface area contributed by atoms with E-state index in [0.717, 1.165) is 12.0 Å². The third-order valence-corrected chi connectivity index (χ3v) is 4.98. The smallest absolute Gasteiger partial charge is 0.251 e. The molecular formula is C18H18ClNO4S. The summed E-state index contributed by atoms with van der Waals surface area (Å²) in [5.41, 5.74) is 1.34. The molecule has 2 aromatic rings. The zero-order valence-corrected chi connectivity index (χ0v) is 15.3. The van der Waals surface area contributed by atoms with Gasteiger partial charge in [-0.1, -0.05) is 11.6 Å². The largest absolute Gasteiger partial charge is 0.489 e. The Bertz CT molecular complexity index is 807. The van der Waals surface area contributed by atoms with Crippen LogP contribution in [0.25, 0.3) is 0 Å². The normalized spacial score (nSPS) is 14.5. The molecule has 1 aliphatic heterocycles. The van der Waals surface area contributed by atoms with Gasteiger partial charge in [-0.3, -0.25) is 9.00 Å². The predicted molar refractivity (Wildman–Crippen MR) is 97.0 cm³/mol. The average Bonchev–Trinajstić information content (AvgIpc) is 2.85. The minimum Gasteiger partial charge on any atom is -0.489 e. The van der Waals surface area contributed by atoms with Crippen LogP contribution in [0.15, 0.2) is 41.3 Å². The Morgan fingerprint density at radius 3 is 2.64 bits per heavy atom. The Morgan fingerprint density at radius 1 is 1.20 bits per heavy atom. The lowest BCUT2D eigenvalue weighted by Gasteiger charge is -2.12. The second kappa shape index (κ2) is 7.89. The zero-order valence-electron chi connectivity index (χ0n) is 13.7. The highest BCUT2D eigenvalue weighted by molar-refractivity contribution is 7.84. The molecule has 5 nitrogen and oxygen atoms in total. The Kier molecular flexibility index (Phi) is 5.60. The summed E-state index contributed by atoms with van der Waals surface area (Å²) in [6.45, 7) is 1.46. The maximum Gasteiger partial charge on any atom is 0.251 e. The van der Waals surface area contributed by atoms with Crippen molar-refractivity contribution in [2.24, 2.45) is 0 Å². The molecule has 7 heteroatoms. The lowest BCUT2D eigenvalue weighted by atomic mass is 10.1. The van der Waals surface area contributed by atoms with Crippen LogP contribution in [0.5, 0.6) is 11.5 Å². The van der Waals surface area contributed by atoms with Crippen molar-refractivity contribution in [3.63, 3.8) is 0 Å². The van der Waals surface area contributed by atoms with Crippen LogP contribution in [0.3, 0.4) is 0 Å². The van der Waals surface area contributed by atoms with Crippen molar-refractivity contribution < 1.29 is 18.5 Å². The molecule has 0 saturated carbocycles. The Balaban J connectivity index is 1.68. The molecule has 1 aliphatic rings. The summed E-state index contributed by atoms with van der Waals surface area (Å²) in [5.74, 6) is 0.943. The van der Waals surface area contributed by atoms with Gasteiger partial charge in [-0.05, 0) is 42.0 Å². The summed E-state index contributed by atoms with van der Waals surface area (Å²) in [5, 5.41) is 3.31. The van der Waals surface area contributed by atoms with E-state index >= 15 is 0 Å². The molecule has 0 saturated heterocycles. The monoisotopic (exact) mass is 379 g/mol. The maximum absolute atomic E-state index is 12.3. The number of fused-ring (bicyclic) bond motifs is 1. The lowest BCUT2D eigenvalue weighted by molar-refractivity contribution is 0.0951. The first-order valence-corrected chi connectivity index (χ1v) is 9.78. The molecule has 1 atom stereocenters. The van der Waals surface area contributed by atoms with Crippen LogP contribution < -0.4 is 14.8 Å². The van der Waals surface area contributed by atoms with Crippen LogP contribution in [0.4, 0.5) is 0 Å². The molecule has 0 radical (unpaired) electrons. The number of nitrogens with one attached hydrogen (secondary N) is 1. The van der Waals surface area contributed by atoms with Gasteiger partial charge in [0.05, 0.1) is 18.2 Å². The van der Waals surface area contributed by atoms with Gasteiger partial charge in [0.15, 0.2) is 11.5 Å². The van der Waals surface area contributed by atoms with E-state index < -0.39 is 10.8 Å². The van der Waals surface area contributed by atoms with Crippen LogP contribution >= 0.6 is 11.6 Å². The SMILES string of the molecule is CS(=O)c1ccc(C(=O)NCc2cc(Cl)c3c(c2)OCCCO3)cc1. The first-order chi connectivity index (χ1) is 12.0. The van der Waals surface area contributed by atoms with Crippen molar-refractivity contribution in [2.75, 3.05) is 19.5 Å². The van der Waals surface area contributed by atoms with Gasteiger partial charge in [0.2, 0.25) is 0 Å². The van der Waals surface area contributed by atoms with Gasteiger partial charge in [-0.2, -0.15) is 0 Å². The van der Waals surface area contributed by atoms with Gasteiger partial charge in [-0.25, -0.2) is 0 Å². The summed E-state index contributed by atoms with van der Waals surface area (Å²) in [6.07, 6.45) is 2.40. The Morgan fingerprint density at radius 2 is 1.92 bits per heavy atom. The summed E-state index contributed by atoms with van der Waals surface area (Å²) in [6, 6.07) is 10.3. The highest BCUT2D eigenvalue weighted by Crippen LogP contribution is 2.37. The fourth-order valence-electron chi connectivity index (χ4n) is 2.47. The second-order valence-corrected chi connectivity index (χ2v) is 7.40. The molecular weight excluding hydrogens is 362 g/mol. The van der Waals surface area contributed by atoms with E-state index in [9.17, 15) is 9.00 Å². The van der Waals surface area contributed by atoms with Gasteiger partial charge in [0.25, 0.3) is 5.91 Å². The molecule has 0 bridgehead atoms. The summed E-state index contributed by atoms with van der Waals surface area (Å²) in [7, 11) is -1.06. The highest BCUT2D eigenvalue weighted by atomic mass is 35.5. The fourth-order valence-corrected chi connectivity index (χ4v) is 3.28. The van der Waals surface area contributed by atoms with Crippen LogP contribution in [0.2, 0.25) is 5.02 Å². The molecule has 132 valence electrons. The van der Waals surface area contributed by atoms with Gasteiger partial charge in [0.1, 0.15) is 0 Å². The Labute approximate surface area is 153 Å².